The molecular weight excluding hydrogens is 192 g/mol. The maximum Gasteiger partial charge on any atom is 0.338 e. The van der Waals surface area contributed by atoms with E-state index in [0.717, 1.165) is 11.1 Å². The van der Waals surface area contributed by atoms with Crippen LogP contribution >= 0.6 is 0 Å². The van der Waals surface area contributed by atoms with Gasteiger partial charge in [0.25, 0.3) is 0 Å². The zero-order chi connectivity index (χ0) is 11.4. The topological polar surface area (TPSA) is 46.5 Å². The smallest absolute Gasteiger partial charge is 0.338 e. The molecule has 0 aromatic heterocycles. The third kappa shape index (κ3) is 2.44. The molecule has 0 spiro atoms. The number of aliphatic hydroxyl groups excluding tert-OH is 1. The Morgan fingerprint density at radius 2 is 2.27 bits per heavy atom. The van der Waals surface area contributed by atoms with Crippen LogP contribution in [0, 0.1) is 6.92 Å². The Hall–Kier alpha value is -1.61. The molecule has 1 atom stereocenters. The predicted octanol–water partition coefficient (Wildman–Crippen LogP) is 2.00. The van der Waals surface area contributed by atoms with Gasteiger partial charge in [-0.1, -0.05) is 18.2 Å². The Balaban J connectivity index is 3.08. The number of hydrogen-bond donors (Lipinski definition) is 1. The molecule has 15 heavy (non-hydrogen) atoms. The monoisotopic (exact) mass is 206 g/mol. The van der Waals surface area contributed by atoms with Gasteiger partial charge in [0.05, 0.1) is 18.8 Å². The lowest BCUT2D eigenvalue weighted by Gasteiger charge is -2.09. The summed E-state index contributed by atoms with van der Waals surface area (Å²) in [5.74, 6) is -0.368. The van der Waals surface area contributed by atoms with Gasteiger partial charge < -0.3 is 9.84 Å². The Kier molecular flexibility index (Phi) is 3.63. The van der Waals surface area contributed by atoms with Crippen molar-refractivity contribution in [2.45, 2.75) is 13.0 Å². The van der Waals surface area contributed by atoms with Gasteiger partial charge in [-0.15, -0.1) is 6.58 Å². The summed E-state index contributed by atoms with van der Waals surface area (Å²) in [7, 11) is 1.34. The average molecular weight is 206 g/mol. The molecule has 0 aliphatic heterocycles. The standard InChI is InChI=1S/C12H14O3/c1-4-11(13)9-5-6-10(8(2)7-9)12(14)15-3/h4-7,11,13H,1H2,2-3H3. The minimum atomic E-state index is -0.699. The summed E-state index contributed by atoms with van der Waals surface area (Å²) in [4.78, 5) is 11.3. The van der Waals surface area contributed by atoms with Gasteiger partial charge in [0, 0.05) is 0 Å². The molecule has 3 nitrogen and oxygen atoms in total. The normalized spacial score (nSPS) is 11.9. The fraction of sp³-hybridized carbons (Fsp3) is 0.250. The summed E-state index contributed by atoms with van der Waals surface area (Å²) in [6.45, 7) is 5.30. The van der Waals surface area contributed by atoms with Crippen LogP contribution in [-0.2, 0) is 4.74 Å². The van der Waals surface area contributed by atoms with E-state index in [-0.39, 0.29) is 5.97 Å². The van der Waals surface area contributed by atoms with Crippen molar-refractivity contribution in [1.82, 2.24) is 0 Å². The lowest BCUT2D eigenvalue weighted by molar-refractivity contribution is 0.0600. The molecule has 0 radical (unpaired) electrons. The highest BCUT2D eigenvalue weighted by atomic mass is 16.5. The maximum atomic E-state index is 11.3. The van der Waals surface area contributed by atoms with E-state index in [1.807, 2.05) is 0 Å². The van der Waals surface area contributed by atoms with Crippen molar-refractivity contribution in [3.63, 3.8) is 0 Å². The SMILES string of the molecule is C=CC(O)c1ccc(C(=O)OC)c(C)c1. The second-order valence-corrected chi connectivity index (χ2v) is 3.25. The summed E-state index contributed by atoms with van der Waals surface area (Å²) in [6, 6.07) is 5.08. The van der Waals surface area contributed by atoms with Gasteiger partial charge in [-0.2, -0.15) is 0 Å². The van der Waals surface area contributed by atoms with Gasteiger partial charge in [0.2, 0.25) is 0 Å². The molecule has 0 amide bonds. The summed E-state index contributed by atoms with van der Waals surface area (Å²) in [5, 5.41) is 9.51. The summed E-state index contributed by atoms with van der Waals surface area (Å²) in [5.41, 5.74) is 2.01. The van der Waals surface area contributed by atoms with Gasteiger partial charge >= 0.3 is 5.97 Å². The molecule has 0 aliphatic carbocycles. The Morgan fingerprint density at radius 3 is 2.73 bits per heavy atom. The first-order chi connectivity index (χ1) is 7.10. The van der Waals surface area contributed by atoms with E-state index in [2.05, 4.69) is 11.3 Å². The fourth-order valence-corrected chi connectivity index (χ4v) is 1.35. The molecule has 80 valence electrons. The number of aliphatic hydroxyl groups is 1. The summed E-state index contributed by atoms with van der Waals surface area (Å²) < 4.78 is 4.62. The first-order valence-electron chi connectivity index (χ1n) is 4.59. The Labute approximate surface area is 89.0 Å². The molecule has 0 aliphatic rings. The summed E-state index contributed by atoms with van der Waals surface area (Å²) >= 11 is 0. The Bertz CT molecular complexity index is 382. The molecule has 1 aromatic rings. The van der Waals surface area contributed by atoms with Gasteiger partial charge in [0.15, 0.2) is 0 Å². The van der Waals surface area contributed by atoms with Gasteiger partial charge in [0.1, 0.15) is 0 Å². The number of carbonyl (C=O) groups excluding carboxylic acids is 1. The number of carbonyl (C=O) groups is 1. The lowest BCUT2D eigenvalue weighted by atomic mass is 10.0. The first-order valence-corrected chi connectivity index (χ1v) is 4.59. The molecule has 0 saturated carbocycles. The van der Waals surface area contributed by atoms with Crippen LogP contribution in [0.5, 0.6) is 0 Å². The molecule has 0 saturated heterocycles. The average Bonchev–Trinajstić information content (AvgIpc) is 2.26. The molecule has 1 unspecified atom stereocenters. The highest BCUT2D eigenvalue weighted by molar-refractivity contribution is 5.90. The van der Waals surface area contributed by atoms with Crippen molar-refractivity contribution in [2.75, 3.05) is 7.11 Å². The highest BCUT2D eigenvalue weighted by Crippen LogP contribution is 2.18. The van der Waals surface area contributed by atoms with Crippen molar-refractivity contribution in [3.8, 4) is 0 Å². The van der Waals surface area contributed by atoms with Gasteiger partial charge in [-0.25, -0.2) is 4.79 Å². The summed E-state index contributed by atoms with van der Waals surface area (Å²) in [6.07, 6.45) is 0.738. The molecule has 0 fully saturated rings. The molecule has 0 bridgehead atoms. The van der Waals surface area contributed by atoms with E-state index in [4.69, 9.17) is 0 Å². The number of aryl methyl sites for hydroxylation is 1. The van der Waals surface area contributed by atoms with Crippen LogP contribution in [0.25, 0.3) is 0 Å². The fourth-order valence-electron chi connectivity index (χ4n) is 1.35. The van der Waals surface area contributed by atoms with Crippen LogP contribution in [-0.4, -0.2) is 18.2 Å². The lowest BCUT2D eigenvalue weighted by Crippen LogP contribution is -2.05. The third-order valence-electron chi connectivity index (χ3n) is 2.22. The van der Waals surface area contributed by atoms with Gasteiger partial charge in [-0.05, 0) is 24.1 Å². The maximum absolute atomic E-state index is 11.3. The highest BCUT2D eigenvalue weighted by Gasteiger charge is 2.11. The number of hydrogen-bond acceptors (Lipinski definition) is 3. The van der Waals surface area contributed by atoms with Crippen molar-refractivity contribution in [2.24, 2.45) is 0 Å². The van der Waals surface area contributed by atoms with Crippen LogP contribution in [0.4, 0.5) is 0 Å². The minimum Gasteiger partial charge on any atom is -0.465 e. The number of ether oxygens (including phenoxy) is 1. The quantitative estimate of drug-likeness (QED) is 0.607. The van der Waals surface area contributed by atoms with Crippen LogP contribution in [0.15, 0.2) is 30.9 Å². The van der Waals surface area contributed by atoms with Crippen molar-refractivity contribution in [3.05, 3.63) is 47.5 Å². The molecule has 1 aromatic carbocycles. The van der Waals surface area contributed by atoms with Crippen LogP contribution < -0.4 is 0 Å². The zero-order valence-electron chi connectivity index (χ0n) is 8.86. The number of rotatable bonds is 3. The van der Waals surface area contributed by atoms with E-state index < -0.39 is 6.10 Å². The predicted molar refractivity (Wildman–Crippen MR) is 57.7 cm³/mol. The van der Waals surface area contributed by atoms with Crippen LogP contribution in [0.2, 0.25) is 0 Å². The molecule has 1 N–H and O–H groups in total. The van der Waals surface area contributed by atoms with Crippen molar-refractivity contribution >= 4 is 5.97 Å². The van der Waals surface area contributed by atoms with E-state index in [1.54, 1.807) is 25.1 Å². The van der Waals surface area contributed by atoms with E-state index >= 15 is 0 Å². The first kappa shape index (κ1) is 11.5. The second-order valence-electron chi connectivity index (χ2n) is 3.25. The zero-order valence-corrected chi connectivity index (χ0v) is 8.86. The largest absolute Gasteiger partial charge is 0.465 e. The second kappa shape index (κ2) is 4.75. The number of benzene rings is 1. The van der Waals surface area contributed by atoms with Crippen molar-refractivity contribution < 1.29 is 14.6 Å². The van der Waals surface area contributed by atoms with Crippen molar-refractivity contribution in [1.29, 1.82) is 0 Å². The van der Waals surface area contributed by atoms with E-state index in [9.17, 15) is 9.90 Å². The molecule has 1 rings (SSSR count). The van der Waals surface area contributed by atoms with Crippen LogP contribution in [0.1, 0.15) is 27.6 Å². The third-order valence-corrected chi connectivity index (χ3v) is 2.22. The molecular formula is C12H14O3. The van der Waals surface area contributed by atoms with Crippen LogP contribution in [0.3, 0.4) is 0 Å². The van der Waals surface area contributed by atoms with Gasteiger partial charge in [-0.3, -0.25) is 0 Å². The Morgan fingerprint density at radius 1 is 1.60 bits per heavy atom. The van der Waals surface area contributed by atoms with E-state index in [0.29, 0.717) is 5.56 Å². The molecule has 0 heterocycles. The van der Waals surface area contributed by atoms with E-state index in [1.165, 1.54) is 13.2 Å². The number of esters is 1. The molecule has 3 heteroatoms. The number of methoxy groups -OCH3 is 1. The minimum absolute atomic E-state index is 0.368.